The van der Waals surface area contributed by atoms with E-state index < -0.39 is 0 Å². The van der Waals surface area contributed by atoms with Crippen LogP contribution >= 0.6 is 23.2 Å². The molecule has 2 aromatic rings. The number of hydrogen-bond donors (Lipinski definition) is 2. The number of ether oxygens (including phenoxy) is 1. The van der Waals surface area contributed by atoms with E-state index in [1.807, 2.05) is 30.3 Å². The number of carbonyl (C=O) groups excluding carboxylic acids is 1. The molecule has 0 spiro atoms. The van der Waals surface area contributed by atoms with Crippen LogP contribution in [0.15, 0.2) is 42.5 Å². The van der Waals surface area contributed by atoms with Gasteiger partial charge < -0.3 is 15.8 Å². The van der Waals surface area contributed by atoms with Crippen molar-refractivity contribution >= 4 is 40.5 Å². The monoisotopic (exact) mass is 324 g/mol. The minimum Gasteiger partial charge on any atom is -0.396 e. The Morgan fingerprint density at radius 2 is 1.76 bits per heavy atom. The second-order valence-corrected chi connectivity index (χ2v) is 5.19. The van der Waals surface area contributed by atoms with Crippen LogP contribution in [0.4, 0.5) is 11.4 Å². The Labute approximate surface area is 132 Å². The van der Waals surface area contributed by atoms with Gasteiger partial charge in [-0.05, 0) is 17.7 Å². The summed E-state index contributed by atoms with van der Waals surface area (Å²) >= 11 is 11.8. The van der Waals surface area contributed by atoms with Gasteiger partial charge in [0.15, 0.2) is 0 Å². The summed E-state index contributed by atoms with van der Waals surface area (Å²) in [5.41, 5.74) is 7.40. The van der Waals surface area contributed by atoms with Crippen molar-refractivity contribution in [3.05, 3.63) is 58.1 Å². The summed E-state index contributed by atoms with van der Waals surface area (Å²) in [5, 5.41) is 3.24. The number of benzene rings is 2. The molecule has 0 saturated heterocycles. The van der Waals surface area contributed by atoms with E-state index in [1.165, 1.54) is 12.1 Å². The van der Waals surface area contributed by atoms with Gasteiger partial charge in [-0.3, -0.25) is 4.79 Å². The Hall–Kier alpha value is -1.75. The zero-order chi connectivity index (χ0) is 15.2. The molecular formula is C15H14Cl2N2O2. The predicted octanol–water partition coefficient (Wildman–Crippen LogP) is 3.73. The number of nitrogen functional groups attached to an aromatic ring is 1. The molecule has 0 aliphatic rings. The Balaban J connectivity index is 1.85. The lowest BCUT2D eigenvalue weighted by molar-refractivity contribution is -0.121. The van der Waals surface area contributed by atoms with E-state index in [-0.39, 0.29) is 18.2 Å². The van der Waals surface area contributed by atoms with E-state index in [0.29, 0.717) is 22.3 Å². The van der Waals surface area contributed by atoms with Gasteiger partial charge in [0.25, 0.3) is 0 Å². The molecule has 0 aliphatic heterocycles. The van der Waals surface area contributed by atoms with Crippen molar-refractivity contribution in [2.24, 2.45) is 0 Å². The van der Waals surface area contributed by atoms with Crippen LogP contribution < -0.4 is 11.1 Å². The highest BCUT2D eigenvalue weighted by atomic mass is 35.5. The van der Waals surface area contributed by atoms with Crippen molar-refractivity contribution in [1.82, 2.24) is 0 Å². The number of amides is 1. The number of anilines is 2. The quantitative estimate of drug-likeness (QED) is 0.823. The summed E-state index contributed by atoms with van der Waals surface area (Å²) in [6.07, 6.45) is 0. The Morgan fingerprint density at radius 1 is 1.14 bits per heavy atom. The molecular weight excluding hydrogens is 311 g/mol. The van der Waals surface area contributed by atoms with Crippen molar-refractivity contribution in [2.75, 3.05) is 17.7 Å². The number of rotatable bonds is 5. The molecule has 1 amide bonds. The molecule has 3 N–H and O–H groups in total. The first-order valence-electron chi connectivity index (χ1n) is 6.22. The van der Waals surface area contributed by atoms with E-state index in [0.717, 1.165) is 5.56 Å². The summed E-state index contributed by atoms with van der Waals surface area (Å²) in [4.78, 5) is 11.8. The lowest BCUT2D eigenvalue weighted by atomic mass is 10.2. The van der Waals surface area contributed by atoms with E-state index in [4.69, 9.17) is 33.7 Å². The molecule has 0 saturated carbocycles. The molecule has 0 aliphatic carbocycles. The summed E-state index contributed by atoms with van der Waals surface area (Å²) in [7, 11) is 0. The van der Waals surface area contributed by atoms with E-state index in [1.54, 1.807) is 0 Å². The highest BCUT2D eigenvalue weighted by Gasteiger charge is 2.08. The van der Waals surface area contributed by atoms with Crippen LogP contribution in [0.2, 0.25) is 10.0 Å². The first-order valence-corrected chi connectivity index (χ1v) is 6.98. The van der Waals surface area contributed by atoms with Crippen LogP contribution in [-0.4, -0.2) is 12.5 Å². The van der Waals surface area contributed by atoms with Crippen LogP contribution in [0.1, 0.15) is 5.56 Å². The third-order valence-electron chi connectivity index (χ3n) is 2.71. The normalized spacial score (nSPS) is 10.4. The molecule has 0 aromatic heterocycles. The van der Waals surface area contributed by atoms with Gasteiger partial charge in [0.1, 0.15) is 6.61 Å². The van der Waals surface area contributed by atoms with Crippen molar-refractivity contribution in [1.29, 1.82) is 0 Å². The van der Waals surface area contributed by atoms with Crippen molar-refractivity contribution < 1.29 is 9.53 Å². The number of nitrogens with one attached hydrogen (secondary N) is 1. The zero-order valence-electron chi connectivity index (χ0n) is 11.1. The topological polar surface area (TPSA) is 64.3 Å². The predicted molar refractivity (Wildman–Crippen MR) is 85.6 cm³/mol. The SMILES string of the molecule is Nc1c(Cl)cc(NC(=O)COCc2ccccc2)cc1Cl. The summed E-state index contributed by atoms with van der Waals surface area (Å²) < 4.78 is 5.34. The molecule has 4 nitrogen and oxygen atoms in total. The largest absolute Gasteiger partial charge is 0.396 e. The first kappa shape index (κ1) is 15.6. The highest BCUT2D eigenvalue weighted by Crippen LogP contribution is 2.30. The summed E-state index contributed by atoms with van der Waals surface area (Å²) in [6.45, 7) is 0.312. The number of hydrogen-bond acceptors (Lipinski definition) is 3. The Bertz CT molecular complexity index is 610. The maximum atomic E-state index is 11.8. The van der Waals surface area contributed by atoms with Crippen molar-refractivity contribution in [3.8, 4) is 0 Å². The van der Waals surface area contributed by atoms with Gasteiger partial charge in [-0.25, -0.2) is 0 Å². The lowest BCUT2D eigenvalue weighted by Crippen LogP contribution is -2.18. The fraction of sp³-hybridized carbons (Fsp3) is 0.133. The molecule has 2 rings (SSSR count). The van der Waals surface area contributed by atoms with Crippen molar-refractivity contribution in [2.45, 2.75) is 6.61 Å². The Morgan fingerprint density at radius 3 is 2.38 bits per heavy atom. The van der Waals surface area contributed by atoms with Crippen LogP contribution in [0.3, 0.4) is 0 Å². The average molecular weight is 325 g/mol. The molecule has 0 unspecified atom stereocenters. The smallest absolute Gasteiger partial charge is 0.250 e. The maximum absolute atomic E-state index is 11.8. The lowest BCUT2D eigenvalue weighted by Gasteiger charge is -2.09. The van der Waals surface area contributed by atoms with E-state index >= 15 is 0 Å². The average Bonchev–Trinajstić information content (AvgIpc) is 2.46. The fourth-order valence-corrected chi connectivity index (χ4v) is 2.18. The molecule has 110 valence electrons. The molecule has 2 aromatic carbocycles. The molecule has 21 heavy (non-hydrogen) atoms. The highest BCUT2D eigenvalue weighted by molar-refractivity contribution is 6.39. The van der Waals surface area contributed by atoms with Gasteiger partial charge in [-0.1, -0.05) is 53.5 Å². The first-order chi connectivity index (χ1) is 10.1. The molecule has 0 atom stereocenters. The van der Waals surface area contributed by atoms with Crippen LogP contribution in [0, 0.1) is 0 Å². The van der Waals surface area contributed by atoms with Gasteiger partial charge in [0.05, 0.1) is 22.3 Å². The van der Waals surface area contributed by atoms with Gasteiger partial charge in [0, 0.05) is 5.69 Å². The maximum Gasteiger partial charge on any atom is 0.250 e. The zero-order valence-corrected chi connectivity index (χ0v) is 12.6. The summed E-state index contributed by atoms with van der Waals surface area (Å²) in [6, 6.07) is 12.7. The van der Waals surface area contributed by atoms with Crippen LogP contribution in [0.5, 0.6) is 0 Å². The minimum absolute atomic E-state index is 0.0610. The van der Waals surface area contributed by atoms with E-state index in [2.05, 4.69) is 5.32 Å². The molecule has 0 radical (unpaired) electrons. The number of halogens is 2. The van der Waals surface area contributed by atoms with Crippen LogP contribution in [-0.2, 0) is 16.1 Å². The van der Waals surface area contributed by atoms with Gasteiger partial charge in [-0.2, -0.15) is 0 Å². The van der Waals surface area contributed by atoms with Crippen molar-refractivity contribution in [3.63, 3.8) is 0 Å². The van der Waals surface area contributed by atoms with Gasteiger partial charge in [0.2, 0.25) is 5.91 Å². The number of carbonyl (C=O) groups is 1. The fourth-order valence-electron chi connectivity index (χ4n) is 1.69. The molecule has 0 bridgehead atoms. The van der Waals surface area contributed by atoms with Crippen LogP contribution in [0.25, 0.3) is 0 Å². The second kappa shape index (κ2) is 7.31. The third-order valence-corrected chi connectivity index (χ3v) is 3.33. The molecule has 0 heterocycles. The van der Waals surface area contributed by atoms with Gasteiger partial charge in [-0.15, -0.1) is 0 Å². The number of nitrogens with two attached hydrogens (primary N) is 1. The Kier molecular flexibility index (Phi) is 5.44. The molecule has 0 fully saturated rings. The van der Waals surface area contributed by atoms with E-state index in [9.17, 15) is 4.79 Å². The molecule has 6 heteroatoms. The third kappa shape index (κ3) is 4.63. The summed E-state index contributed by atoms with van der Waals surface area (Å²) in [5.74, 6) is -0.289. The second-order valence-electron chi connectivity index (χ2n) is 4.38. The minimum atomic E-state index is -0.289. The van der Waals surface area contributed by atoms with Gasteiger partial charge >= 0.3 is 0 Å². The standard InChI is InChI=1S/C15H14Cl2N2O2/c16-12-6-11(7-13(17)15(12)18)19-14(20)9-21-8-10-4-2-1-3-5-10/h1-7H,8-9,18H2,(H,19,20).